The fourth-order valence-corrected chi connectivity index (χ4v) is 4.11. The first kappa shape index (κ1) is 26.3. The summed E-state index contributed by atoms with van der Waals surface area (Å²) in [5.74, 6) is 0.166. The molecule has 0 spiro atoms. The molecule has 6 nitrogen and oxygen atoms in total. The maximum absolute atomic E-state index is 11.8. The number of methoxy groups -OCH3 is 3. The molecule has 0 aliphatic carbocycles. The standard InChI is InChI=1S/C28H30ClNO5/c1-18(2)13-19-14-21(10-12-27(31)35-5)30(16-19)25-11-9-20(29)15-23(25)28(32)22-7-6-8-26(34-4)24(22)17-33-3/h6-16,28,32H,17H2,1-5H3/b12-10+. The largest absolute Gasteiger partial charge is 0.496 e. The van der Waals surface area contributed by atoms with Crippen molar-refractivity contribution in [3.8, 4) is 11.4 Å². The van der Waals surface area contributed by atoms with Gasteiger partial charge in [-0.2, -0.15) is 0 Å². The number of nitrogens with zero attached hydrogens (tertiary/aromatic N) is 1. The molecule has 0 fully saturated rings. The fraction of sp³-hybridized carbons (Fsp3) is 0.250. The van der Waals surface area contributed by atoms with Crippen LogP contribution in [0.15, 0.2) is 60.3 Å². The molecule has 0 saturated carbocycles. The summed E-state index contributed by atoms with van der Waals surface area (Å²) in [6, 6.07) is 12.8. The average molecular weight is 496 g/mol. The molecule has 0 aliphatic rings. The van der Waals surface area contributed by atoms with Crippen LogP contribution in [0.3, 0.4) is 0 Å². The van der Waals surface area contributed by atoms with Gasteiger partial charge in [0.15, 0.2) is 0 Å². The van der Waals surface area contributed by atoms with Crippen LogP contribution in [0.5, 0.6) is 5.75 Å². The zero-order valence-electron chi connectivity index (χ0n) is 20.5. The number of allylic oxidation sites excluding steroid dienone is 1. The molecule has 1 atom stereocenters. The van der Waals surface area contributed by atoms with E-state index in [2.05, 4.69) is 0 Å². The van der Waals surface area contributed by atoms with E-state index in [1.165, 1.54) is 13.2 Å². The van der Waals surface area contributed by atoms with E-state index in [1.54, 1.807) is 32.4 Å². The van der Waals surface area contributed by atoms with Gasteiger partial charge in [0.2, 0.25) is 0 Å². The van der Waals surface area contributed by atoms with Gasteiger partial charge in [-0.25, -0.2) is 4.79 Å². The van der Waals surface area contributed by atoms with E-state index in [-0.39, 0.29) is 6.61 Å². The van der Waals surface area contributed by atoms with Gasteiger partial charge in [-0.15, -0.1) is 0 Å². The van der Waals surface area contributed by atoms with E-state index in [9.17, 15) is 9.90 Å². The zero-order chi connectivity index (χ0) is 25.5. The predicted octanol–water partition coefficient (Wildman–Crippen LogP) is 5.98. The van der Waals surface area contributed by atoms with Crippen molar-refractivity contribution in [2.45, 2.75) is 26.6 Å². The number of carbonyl (C=O) groups is 1. The molecule has 2 aromatic carbocycles. The van der Waals surface area contributed by atoms with E-state index in [0.29, 0.717) is 27.6 Å². The van der Waals surface area contributed by atoms with Crippen molar-refractivity contribution in [3.63, 3.8) is 0 Å². The van der Waals surface area contributed by atoms with Crippen molar-refractivity contribution < 1.29 is 24.1 Å². The Labute approximate surface area is 211 Å². The number of halogens is 1. The number of hydrogen-bond acceptors (Lipinski definition) is 5. The Morgan fingerprint density at radius 3 is 2.54 bits per heavy atom. The Bertz CT molecular complexity index is 1250. The highest BCUT2D eigenvalue weighted by atomic mass is 35.5. The lowest BCUT2D eigenvalue weighted by Gasteiger charge is -2.22. The second kappa shape index (κ2) is 11.9. The van der Waals surface area contributed by atoms with Crippen molar-refractivity contribution in [1.29, 1.82) is 0 Å². The van der Waals surface area contributed by atoms with Crippen LogP contribution in [0.4, 0.5) is 0 Å². The lowest BCUT2D eigenvalue weighted by atomic mass is 9.95. The van der Waals surface area contributed by atoms with E-state index in [1.807, 2.05) is 61.0 Å². The molecule has 184 valence electrons. The molecule has 1 unspecified atom stereocenters. The maximum Gasteiger partial charge on any atom is 0.330 e. The molecule has 1 heterocycles. The fourth-order valence-electron chi connectivity index (χ4n) is 3.93. The smallest absolute Gasteiger partial charge is 0.330 e. The minimum Gasteiger partial charge on any atom is -0.496 e. The number of esters is 1. The minimum atomic E-state index is -1.02. The number of aliphatic hydroxyl groups is 1. The minimum absolute atomic E-state index is 0.271. The summed E-state index contributed by atoms with van der Waals surface area (Å²) in [6.45, 7) is 4.30. The number of ether oxygens (including phenoxy) is 3. The molecule has 3 aromatic rings. The van der Waals surface area contributed by atoms with E-state index in [0.717, 1.165) is 22.4 Å². The average Bonchev–Trinajstić information content (AvgIpc) is 3.23. The topological polar surface area (TPSA) is 69.9 Å². The normalized spacial score (nSPS) is 12.0. The summed E-state index contributed by atoms with van der Waals surface area (Å²) in [6.07, 6.45) is 6.02. The van der Waals surface area contributed by atoms with Gasteiger partial charge in [-0.1, -0.05) is 35.4 Å². The molecular formula is C28H30ClNO5. The van der Waals surface area contributed by atoms with Crippen molar-refractivity contribution in [1.82, 2.24) is 4.57 Å². The number of aliphatic hydroxyl groups excluding tert-OH is 1. The monoisotopic (exact) mass is 495 g/mol. The Balaban J connectivity index is 2.22. The van der Waals surface area contributed by atoms with Crippen molar-refractivity contribution >= 4 is 29.7 Å². The zero-order valence-corrected chi connectivity index (χ0v) is 21.3. The third-order valence-corrected chi connectivity index (χ3v) is 5.67. The molecule has 0 amide bonds. The molecular weight excluding hydrogens is 466 g/mol. The van der Waals surface area contributed by atoms with Gasteiger partial charge in [0.25, 0.3) is 0 Å². The summed E-state index contributed by atoms with van der Waals surface area (Å²) in [4.78, 5) is 11.8. The van der Waals surface area contributed by atoms with E-state index in [4.69, 9.17) is 25.8 Å². The van der Waals surface area contributed by atoms with Crippen LogP contribution >= 0.6 is 11.6 Å². The second-order valence-corrected chi connectivity index (χ2v) is 8.65. The highest BCUT2D eigenvalue weighted by Gasteiger charge is 2.22. The molecule has 1 N–H and O–H groups in total. The number of benzene rings is 2. The molecule has 0 radical (unpaired) electrons. The van der Waals surface area contributed by atoms with Gasteiger partial charge in [0.05, 0.1) is 26.5 Å². The molecule has 0 aliphatic heterocycles. The lowest BCUT2D eigenvalue weighted by molar-refractivity contribution is -0.134. The highest BCUT2D eigenvalue weighted by Crippen LogP contribution is 2.36. The van der Waals surface area contributed by atoms with Crippen molar-refractivity contribution in [2.24, 2.45) is 0 Å². The van der Waals surface area contributed by atoms with Crippen LogP contribution in [0.1, 0.15) is 47.9 Å². The van der Waals surface area contributed by atoms with Gasteiger partial charge in [-0.3, -0.25) is 0 Å². The molecule has 0 saturated heterocycles. The Morgan fingerprint density at radius 1 is 1.11 bits per heavy atom. The SMILES string of the molecule is COCc1c(OC)cccc1C(O)c1cc(Cl)ccc1-n1cc(C=C(C)C)cc1/C=C/C(=O)OC. The predicted molar refractivity (Wildman–Crippen MR) is 139 cm³/mol. The Hall–Kier alpha value is -3.32. The molecule has 35 heavy (non-hydrogen) atoms. The lowest BCUT2D eigenvalue weighted by Crippen LogP contribution is -2.10. The summed E-state index contributed by atoms with van der Waals surface area (Å²) in [7, 11) is 4.51. The number of rotatable bonds is 9. The van der Waals surface area contributed by atoms with Crippen LogP contribution in [0, 0.1) is 0 Å². The number of aromatic nitrogens is 1. The first-order valence-corrected chi connectivity index (χ1v) is 11.4. The van der Waals surface area contributed by atoms with E-state index >= 15 is 0 Å². The molecule has 7 heteroatoms. The summed E-state index contributed by atoms with van der Waals surface area (Å²) < 4.78 is 17.6. The Kier molecular flexibility index (Phi) is 8.93. The maximum atomic E-state index is 11.8. The van der Waals surface area contributed by atoms with Crippen LogP contribution in [-0.4, -0.2) is 37.0 Å². The van der Waals surface area contributed by atoms with Crippen molar-refractivity contribution in [3.05, 3.63) is 93.3 Å². The van der Waals surface area contributed by atoms with Gasteiger partial charge >= 0.3 is 5.97 Å². The first-order valence-electron chi connectivity index (χ1n) is 11.0. The quantitative estimate of drug-likeness (QED) is 0.292. The molecule has 3 rings (SSSR count). The molecule has 1 aromatic heterocycles. The highest BCUT2D eigenvalue weighted by molar-refractivity contribution is 6.30. The number of hydrogen-bond donors (Lipinski definition) is 1. The summed E-state index contributed by atoms with van der Waals surface area (Å²) in [5, 5.41) is 12.1. The van der Waals surface area contributed by atoms with Gasteiger partial charge in [0, 0.05) is 41.2 Å². The van der Waals surface area contributed by atoms with Crippen LogP contribution < -0.4 is 4.74 Å². The van der Waals surface area contributed by atoms with Crippen molar-refractivity contribution in [2.75, 3.05) is 21.3 Å². The second-order valence-electron chi connectivity index (χ2n) is 8.21. The van der Waals surface area contributed by atoms with Gasteiger partial charge in [-0.05, 0) is 61.4 Å². The molecule has 0 bridgehead atoms. The van der Waals surface area contributed by atoms with Crippen LogP contribution in [0.25, 0.3) is 17.8 Å². The summed E-state index contributed by atoms with van der Waals surface area (Å²) >= 11 is 6.38. The van der Waals surface area contributed by atoms with E-state index < -0.39 is 12.1 Å². The van der Waals surface area contributed by atoms with Crippen LogP contribution in [-0.2, 0) is 20.9 Å². The summed E-state index contributed by atoms with van der Waals surface area (Å²) in [5.41, 5.74) is 5.52. The Morgan fingerprint density at radius 2 is 1.89 bits per heavy atom. The third-order valence-electron chi connectivity index (χ3n) is 5.43. The van der Waals surface area contributed by atoms with Gasteiger partial charge < -0.3 is 23.9 Å². The van der Waals surface area contributed by atoms with Crippen LogP contribution in [0.2, 0.25) is 5.02 Å². The van der Waals surface area contributed by atoms with Gasteiger partial charge in [0.1, 0.15) is 11.9 Å². The first-order chi connectivity index (χ1) is 16.8. The third kappa shape index (κ3) is 6.22. The number of carbonyl (C=O) groups excluding carboxylic acids is 1.